The average molecular weight is 1050 g/mol. The Balaban J connectivity index is 1.17. The molecule has 13 heteroatoms. The van der Waals surface area contributed by atoms with E-state index in [-0.39, 0.29) is 0 Å². The molecular weight excluding hydrogens is 977 g/mol. The summed E-state index contributed by atoms with van der Waals surface area (Å²) in [6.45, 7) is 14.2. The Kier molecular flexibility index (Phi) is 16.9. The maximum atomic E-state index is 7.18. The minimum Gasteiger partial charge on any atom is -0.398 e. The number of rotatable bonds is 26. The molecule has 9 rings (SSSR count). The predicted octanol–water partition coefficient (Wildman–Crippen LogP) is 18.0. The second kappa shape index (κ2) is 23.1. The van der Waals surface area contributed by atoms with Crippen molar-refractivity contribution < 1.29 is 0 Å². The van der Waals surface area contributed by atoms with Gasteiger partial charge in [-0.15, -0.1) is 45.3 Å². The van der Waals surface area contributed by atoms with Crippen molar-refractivity contribution in [3.05, 3.63) is 58.3 Å². The van der Waals surface area contributed by atoms with Crippen LogP contribution >= 0.6 is 68.8 Å². The normalized spacial score (nSPS) is 14.1. The molecule has 0 fully saturated rings. The van der Waals surface area contributed by atoms with E-state index in [1.807, 2.05) is 45.3 Å². The molecule has 1 aliphatic rings. The largest absolute Gasteiger partial charge is 0.398 e. The molecule has 2 atom stereocenters. The van der Waals surface area contributed by atoms with Crippen molar-refractivity contribution in [1.29, 1.82) is 0 Å². The van der Waals surface area contributed by atoms with Gasteiger partial charge >= 0.3 is 0 Å². The van der Waals surface area contributed by atoms with Gasteiger partial charge in [-0.3, -0.25) is 0 Å². The van der Waals surface area contributed by atoms with E-state index in [0.29, 0.717) is 11.8 Å². The molecule has 0 saturated carbocycles. The highest BCUT2D eigenvalue weighted by atomic mass is 32.1. The summed E-state index contributed by atoms with van der Waals surface area (Å²) in [7, 11) is -2.36. The molecule has 69 heavy (non-hydrogen) atoms. The topological polar surface area (TPSA) is 104 Å². The number of hydrogen-bond acceptors (Lipinski definition) is 12. The first-order valence-corrected chi connectivity index (χ1v) is 33.5. The molecule has 0 spiro atoms. The number of unbranched alkanes of at least 4 members (excludes halogenated alkanes) is 8. The van der Waals surface area contributed by atoms with E-state index in [2.05, 4.69) is 90.1 Å². The highest BCUT2D eigenvalue weighted by Gasteiger charge is 2.50. The van der Waals surface area contributed by atoms with Crippen LogP contribution in [0.25, 0.3) is 73.6 Å². The molecule has 6 nitrogen and oxygen atoms in total. The molecule has 2 unspecified atom stereocenters. The van der Waals surface area contributed by atoms with Crippen LogP contribution in [0.5, 0.6) is 0 Å². The Morgan fingerprint density at radius 2 is 0.884 bits per heavy atom. The van der Waals surface area contributed by atoms with E-state index >= 15 is 0 Å². The molecule has 0 bridgehead atoms. The van der Waals surface area contributed by atoms with Crippen LogP contribution in [0, 0.1) is 11.8 Å². The molecule has 2 aromatic carbocycles. The quantitative estimate of drug-likeness (QED) is 0.0318. The van der Waals surface area contributed by atoms with Gasteiger partial charge in [-0.25, -0.2) is 0 Å². The third kappa shape index (κ3) is 10.4. The van der Waals surface area contributed by atoms with E-state index in [1.165, 1.54) is 177 Å². The molecule has 0 aliphatic carbocycles. The van der Waals surface area contributed by atoms with Crippen molar-refractivity contribution in [3.63, 3.8) is 0 Å². The summed E-state index contributed by atoms with van der Waals surface area (Å²) in [4.78, 5) is 10.8. The Morgan fingerprint density at radius 3 is 1.29 bits per heavy atom. The number of thiophene rings is 4. The minimum atomic E-state index is -2.36. The maximum Gasteiger partial charge on any atom is 0.122 e. The zero-order valence-electron chi connectivity index (χ0n) is 41.8. The van der Waals surface area contributed by atoms with Crippen LogP contribution in [0.15, 0.2) is 48.5 Å². The SMILES string of the molecule is CCCCCCc1ccc(-c2c(N)cc(-c3cc4c(s3)-c3sc(-c5cc(N)c(-c6ccc(CCCCCC)s6)c6nsnc56)cc3[Si]4(CC(CC)CCCC)CC(CC)CCCC)c3nsnc23)s1. The lowest BCUT2D eigenvalue weighted by molar-refractivity contribution is 0.469. The van der Waals surface area contributed by atoms with Crippen LogP contribution in [0.2, 0.25) is 12.1 Å². The predicted molar refractivity (Wildman–Crippen MR) is 313 cm³/mol. The van der Waals surface area contributed by atoms with Crippen LogP contribution in [-0.2, 0) is 12.8 Å². The third-order valence-electron chi connectivity index (χ3n) is 15.1. The fourth-order valence-electron chi connectivity index (χ4n) is 11.2. The number of nitrogens with zero attached hydrogens (tertiary/aromatic N) is 4. The Labute approximate surface area is 437 Å². The summed E-state index contributed by atoms with van der Waals surface area (Å²) in [5.74, 6) is 1.37. The fraction of sp³-hybridized carbons (Fsp3) is 0.500. The summed E-state index contributed by atoms with van der Waals surface area (Å²) < 4.78 is 20.1. The van der Waals surface area contributed by atoms with Crippen molar-refractivity contribution in [3.8, 4) is 51.5 Å². The van der Waals surface area contributed by atoms with E-state index in [0.717, 1.165) is 68.5 Å². The van der Waals surface area contributed by atoms with Crippen molar-refractivity contribution in [1.82, 2.24) is 17.5 Å². The summed E-state index contributed by atoms with van der Waals surface area (Å²) in [5, 5.41) is 3.31. The van der Waals surface area contributed by atoms with Gasteiger partial charge < -0.3 is 11.5 Å². The number of aromatic nitrogens is 4. The van der Waals surface area contributed by atoms with E-state index in [4.69, 9.17) is 29.0 Å². The van der Waals surface area contributed by atoms with Crippen LogP contribution < -0.4 is 21.8 Å². The van der Waals surface area contributed by atoms with Crippen LogP contribution in [-0.4, -0.2) is 25.6 Å². The van der Waals surface area contributed by atoms with Crippen molar-refractivity contribution in [2.45, 2.75) is 169 Å². The molecule has 366 valence electrons. The van der Waals surface area contributed by atoms with Crippen molar-refractivity contribution >= 4 is 121 Å². The number of fused-ring (bicyclic) bond motifs is 5. The van der Waals surface area contributed by atoms with Gasteiger partial charge in [-0.1, -0.05) is 131 Å². The zero-order valence-corrected chi connectivity index (χ0v) is 47.7. The third-order valence-corrected chi connectivity index (χ3v) is 26.7. The molecule has 6 aromatic heterocycles. The van der Waals surface area contributed by atoms with E-state index in [9.17, 15) is 0 Å². The number of benzene rings is 2. The lowest BCUT2D eigenvalue weighted by atomic mass is 10.0. The van der Waals surface area contributed by atoms with Gasteiger partial charge in [-0.2, -0.15) is 17.5 Å². The maximum absolute atomic E-state index is 7.18. The number of hydrogen-bond donors (Lipinski definition) is 2. The molecule has 0 saturated heterocycles. The second-order valence-electron chi connectivity index (χ2n) is 19.9. The molecule has 0 amide bonds. The van der Waals surface area contributed by atoms with Crippen molar-refractivity contribution in [2.24, 2.45) is 11.8 Å². The first-order valence-electron chi connectivity index (χ1n) is 26.3. The summed E-state index contributed by atoms with van der Waals surface area (Å²) >= 11 is 10.3. The van der Waals surface area contributed by atoms with Gasteiger partial charge in [0.05, 0.1) is 23.5 Å². The van der Waals surface area contributed by atoms with E-state index in [1.54, 1.807) is 10.4 Å². The Morgan fingerprint density at radius 1 is 0.464 bits per heavy atom. The number of aryl methyl sites for hydroxylation is 2. The second-order valence-corrected chi connectivity index (χ2v) is 29.4. The highest BCUT2D eigenvalue weighted by Crippen LogP contribution is 2.52. The van der Waals surface area contributed by atoms with E-state index < -0.39 is 8.07 Å². The molecule has 4 N–H and O–H groups in total. The lowest BCUT2D eigenvalue weighted by Crippen LogP contribution is -2.56. The zero-order chi connectivity index (χ0) is 48.1. The van der Waals surface area contributed by atoms with Gasteiger partial charge in [0.25, 0.3) is 0 Å². The fourth-order valence-corrected chi connectivity index (χ4v) is 25.0. The molecular formula is C56H72N6S6Si. The monoisotopic (exact) mass is 1050 g/mol. The first kappa shape index (κ1) is 50.6. The number of nitrogens with two attached hydrogens (primary N) is 2. The van der Waals surface area contributed by atoms with Crippen LogP contribution in [0.1, 0.15) is 154 Å². The molecule has 7 heterocycles. The Hall–Kier alpha value is -3.30. The molecule has 0 radical (unpaired) electrons. The van der Waals surface area contributed by atoms with Crippen LogP contribution in [0.3, 0.4) is 0 Å². The smallest absolute Gasteiger partial charge is 0.122 e. The first-order chi connectivity index (χ1) is 33.7. The van der Waals surface area contributed by atoms with Gasteiger partial charge in [0.2, 0.25) is 0 Å². The average Bonchev–Trinajstić information content (AvgIpc) is 4.22. The number of anilines is 2. The number of nitrogen functional groups attached to an aromatic ring is 2. The minimum absolute atomic E-state index is 0.684. The van der Waals surface area contributed by atoms with Gasteiger partial charge in [0.1, 0.15) is 30.1 Å². The van der Waals surface area contributed by atoms with Gasteiger partial charge in [0.15, 0.2) is 0 Å². The van der Waals surface area contributed by atoms with Crippen LogP contribution in [0.4, 0.5) is 11.4 Å². The summed E-state index contributed by atoms with van der Waals surface area (Å²) in [6, 6.07) is 21.4. The standard InChI is InChI=1S/C56H72N6S6Si/c1-7-13-17-19-23-37-25-27-43(63-37)49-41(57)29-39(51-53(49)61-67-59-51)45-31-47-55(65-45)56-48(69(47,33-35(11-5)21-15-9-3)34-36(12-6)22-16-10-4)32-46(66-56)40-30-42(58)50(54-52(40)60-68-62-54)44-28-26-38(64-44)24-20-18-14-8-2/h25-32,35-36H,7-24,33-34,57-58H2,1-6H3. The van der Waals surface area contributed by atoms with Gasteiger partial charge in [-0.05, 0) is 109 Å². The van der Waals surface area contributed by atoms with Gasteiger partial charge in [0, 0.05) is 72.6 Å². The summed E-state index contributed by atoms with van der Waals surface area (Å²) in [5.41, 5.74) is 24.1. The Bertz CT molecular complexity index is 2770. The summed E-state index contributed by atoms with van der Waals surface area (Å²) in [6.07, 6.45) is 22.5. The molecule has 1 aliphatic heterocycles. The van der Waals surface area contributed by atoms with Crippen molar-refractivity contribution in [2.75, 3.05) is 11.5 Å². The molecule has 8 aromatic rings. The highest BCUT2D eigenvalue weighted by molar-refractivity contribution is 7.31. The lowest BCUT2D eigenvalue weighted by Gasteiger charge is -2.35.